The van der Waals surface area contributed by atoms with Crippen molar-refractivity contribution in [2.24, 2.45) is 0 Å². The molecule has 0 fully saturated rings. The van der Waals surface area contributed by atoms with Gasteiger partial charge in [-0.3, -0.25) is 4.79 Å². The summed E-state index contributed by atoms with van der Waals surface area (Å²) in [5.41, 5.74) is 0.348. The first-order chi connectivity index (χ1) is 8.66. The standard InChI is InChI=1S/C10H4ClFN4OS/c11-7(17)8-13-14-10-16(8)15-9(18-10)5-3-1-2-4-6(5)12/h1-4H. The van der Waals surface area contributed by atoms with Gasteiger partial charge in [0, 0.05) is 5.56 Å². The lowest BCUT2D eigenvalue weighted by Gasteiger charge is -1.96. The van der Waals surface area contributed by atoms with E-state index in [0.717, 1.165) is 11.3 Å². The van der Waals surface area contributed by atoms with Crippen molar-refractivity contribution in [3.8, 4) is 10.6 Å². The van der Waals surface area contributed by atoms with E-state index in [-0.39, 0.29) is 11.6 Å². The van der Waals surface area contributed by atoms with Crippen LogP contribution in [-0.4, -0.2) is 25.1 Å². The first kappa shape index (κ1) is 11.2. The molecule has 0 atom stereocenters. The van der Waals surface area contributed by atoms with Crippen LogP contribution in [0.4, 0.5) is 4.39 Å². The van der Waals surface area contributed by atoms with Crippen molar-refractivity contribution < 1.29 is 9.18 Å². The number of fused-ring (bicyclic) bond motifs is 1. The van der Waals surface area contributed by atoms with E-state index < -0.39 is 5.24 Å². The molecule has 3 rings (SSSR count). The molecule has 8 heteroatoms. The van der Waals surface area contributed by atoms with Gasteiger partial charge in [-0.25, -0.2) is 4.39 Å². The molecule has 0 aliphatic heterocycles. The minimum Gasteiger partial charge on any atom is -0.272 e. The average molecular weight is 283 g/mol. The Morgan fingerprint density at radius 2 is 2.11 bits per heavy atom. The Balaban J connectivity index is 2.20. The number of rotatable bonds is 2. The monoisotopic (exact) mass is 282 g/mol. The van der Waals surface area contributed by atoms with Crippen LogP contribution in [0.2, 0.25) is 0 Å². The van der Waals surface area contributed by atoms with Crippen molar-refractivity contribution in [3.63, 3.8) is 0 Å². The van der Waals surface area contributed by atoms with Crippen LogP contribution in [0.3, 0.4) is 0 Å². The van der Waals surface area contributed by atoms with Crippen LogP contribution in [0.15, 0.2) is 24.3 Å². The number of carbonyl (C=O) groups excluding carboxylic acids is 1. The molecule has 5 nitrogen and oxygen atoms in total. The van der Waals surface area contributed by atoms with Crippen LogP contribution < -0.4 is 0 Å². The second-order valence-corrected chi connectivity index (χ2v) is 4.68. The molecule has 0 bridgehead atoms. The molecule has 0 radical (unpaired) electrons. The maximum atomic E-state index is 13.6. The summed E-state index contributed by atoms with van der Waals surface area (Å²) in [7, 11) is 0. The molecule has 18 heavy (non-hydrogen) atoms. The highest BCUT2D eigenvalue weighted by atomic mass is 35.5. The van der Waals surface area contributed by atoms with Gasteiger partial charge in [-0.15, -0.1) is 10.2 Å². The fourth-order valence-electron chi connectivity index (χ4n) is 1.48. The Labute approximate surface area is 109 Å². The molecule has 0 unspecified atom stereocenters. The maximum Gasteiger partial charge on any atom is 0.291 e. The number of carbonyl (C=O) groups is 1. The van der Waals surface area contributed by atoms with Crippen molar-refractivity contribution in [3.05, 3.63) is 35.9 Å². The first-order valence-corrected chi connectivity index (χ1v) is 6.03. The van der Waals surface area contributed by atoms with Crippen LogP contribution >= 0.6 is 22.9 Å². The van der Waals surface area contributed by atoms with Crippen LogP contribution in [0.25, 0.3) is 15.5 Å². The molecule has 0 spiro atoms. The van der Waals surface area contributed by atoms with Crippen molar-refractivity contribution in [2.75, 3.05) is 0 Å². The van der Waals surface area contributed by atoms with Gasteiger partial charge in [-0.2, -0.15) is 9.61 Å². The molecule has 1 aromatic carbocycles. The predicted octanol–water partition coefficient (Wildman–Crippen LogP) is 2.37. The van der Waals surface area contributed by atoms with Crippen LogP contribution in [0.5, 0.6) is 0 Å². The third-order valence-electron chi connectivity index (χ3n) is 2.27. The third kappa shape index (κ3) is 1.68. The van der Waals surface area contributed by atoms with E-state index in [1.165, 1.54) is 10.6 Å². The SMILES string of the molecule is O=C(Cl)c1nnc2sc(-c3ccccc3F)nn12. The molecule has 0 aliphatic carbocycles. The fourth-order valence-corrected chi connectivity index (χ4v) is 2.47. The highest BCUT2D eigenvalue weighted by molar-refractivity contribution is 7.19. The molecule has 90 valence electrons. The molecule has 0 amide bonds. The van der Waals surface area contributed by atoms with E-state index in [2.05, 4.69) is 15.3 Å². The summed E-state index contributed by atoms with van der Waals surface area (Å²) < 4.78 is 14.8. The number of aromatic nitrogens is 4. The third-order valence-corrected chi connectivity index (χ3v) is 3.37. The number of benzene rings is 1. The summed E-state index contributed by atoms with van der Waals surface area (Å²) >= 11 is 6.47. The molecule has 3 aromatic rings. The van der Waals surface area contributed by atoms with E-state index in [0.29, 0.717) is 15.5 Å². The number of nitrogens with zero attached hydrogens (tertiary/aromatic N) is 4. The van der Waals surface area contributed by atoms with Crippen molar-refractivity contribution in [2.45, 2.75) is 0 Å². The lowest BCUT2D eigenvalue weighted by atomic mass is 10.2. The Kier molecular flexibility index (Phi) is 2.57. The van der Waals surface area contributed by atoms with E-state index in [1.807, 2.05) is 0 Å². The lowest BCUT2D eigenvalue weighted by Crippen LogP contribution is -1.99. The minimum absolute atomic E-state index is 0.0782. The van der Waals surface area contributed by atoms with Gasteiger partial charge < -0.3 is 0 Å². The van der Waals surface area contributed by atoms with Gasteiger partial charge in [0.15, 0.2) is 5.01 Å². The predicted molar refractivity (Wildman–Crippen MR) is 64.2 cm³/mol. The van der Waals surface area contributed by atoms with E-state index in [9.17, 15) is 9.18 Å². The summed E-state index contributed by atoms with van der Waals surface area (Å²) in [5.74, 6) is -0.466. The zero-order valence-electron chi connectivity index (χ0n) is 8.67. The minimum atomic E-state index is -0.757. The van der Waals surface area contributed by atoms with Gasteiger partial charge in [0.2, 0.25) is 10.8 Å². The van der Waals surface area contributed by atoms with Gasteiger partial charge in [-0.1, -0.05) is 23.5 Å². The second kappa shape index (κ2) is 4.11. The van der Waals surface area contributed by atoms with E-state index in [4.69, 9.17) is 11.6 Å². The smallest absolute Gasteiger partial charge is 0.272 e. The molecule has 2 heterocycles. The van der Waals surface area contributed by atoms with Crippen LogP contribution in [-0.2, 0) is 0 Å². The Hall–Kier alpha value is -1.86. The summed E-state index contributed by atoms with van der Waals surface area (Å²) in [4.78, 5) is 11.5. The summed E-state index contributed by atoms with van der Waals surface area (Å²) in [6, 6.07) is 6.23. The zero-order valence-corrected chi connectivity index (χ0v) is 10.2. The molecule has 0 saturated carbocycles. The quantitative estimate of drug-likeness (QED) is 0.677. The van der Waals surface area contributed by atoms with Crippen molar-refractivity contribution in [1.82, 2.24) is 19.8 Å². The normalized spacial score (nSPS) is 11.0. The fraction of sp³-hybridized carbons (Fsp3) is 0. The molecular weight excluding hydrogens is 279 g/mol. The second-order valence-electron chi connectivity index (χ2n) is 3.38. The Bertz CT molecular complexity index is 753. The van der Waals surface area contributed by atoms with Crippen molar-refractivity contribution >= 4 is 33.1 Å². The molecular formula is C10H4ClFN4OS. The number of hydrogen-bond donors (Lipinski definition) is 0. The van der Waals surface area contributed by atoms with Gasteiger partial charge >= 0.3 is 0 Å². The van der Waals surface area contributed by atoms with Crippen molar-refractivity contribution in [1.29, 1.82) is 0 Å². The molecule has 0 N–H and O–H groups in total. The Morgan fingerprint density at radius 1 is 1.33 bits per heavy atom. The lowest BCUT2D eigenvalue weighted by molar-refractivity contribution is 0.107. The summed E-state index contributed by atoms with van der Waals surface area (Å²) in [6.07, 6.45) is 0. The van der Waals surface area contributed by atoms with Crippen LogP contribution in [0.1, 0.15) is 10.6 Å². The van der Waals surface area contributed by atoms with Crippen LogP contribution in [0, 0.1) is 5.82 Å². The van der Waals surface area contributed by atoms with Gasteiger partial charge in [0.25, 0.3) is 5.24 Å². The number of hydrogen-bond acceptors (Lipinski definition) is 5. The van der Waals surface area contributed by atoms with Gasteiger partial charge in [-0.05, 0) is 23.7 Å². The maximum absolute atomic E-state index is 13.6. The highest BCUT2D eigenvalue weighted by Crippen LogP contribution is 2.27. The molecule has 2 aromatic heterocycles. The summed E-state index contributed by atoms with van der Waals surface area (Å²) in [5, 5.41) is 11.1. The van der Waals surface area contributed by atoms with Gasteiger partial charge in [0.05, 0.1) is 0 Å². The average Bonchev–Trinajstić information content (AvgIpc) is 2.88. The zero-order chi connectivity index (χ0) is 12.7. The van der Waals surface area contributed by atoms with E-state index >= 15 is 0 Å². The highest BCUT2D eigenvalue weighted by Gasteiger charge is 2.18. The Morgan fingerprint density at radius 3 is 2.83 bits per heavy atom. The molecule has 0 aliphatic rings. The summed E-state index contributed by atoms with van der Waals surface area (Å²) in [6.45, 7) is 0. The topological polar surface area (TPSA) is 60.2 Å². The molecule has 0 saturated heterocycles. The number of halogens is 2. The largest absolute Gasteiger partial charge is 0.291 e. The van der Waals surface area contributed by atoms with Gasteiger partial charge in [0.1, 0.15) is 5.82 Å². The first-order valence-electron chi connectivity index (χ1n) is 4.84. The van der Waals surface area contributed by atoms with E-state index in [1.54, 1.807) is 18.2 Å².